The molecular weight excluding hydrogens is 256 g/mol. The molecule has 0 saturated carbocycles. The molecule has 90 valence electrons. The molecule has 0 aliphatic heterocycles. The lowest BCUT2D eigenvalue weighted by Crippen LogP contribution is -2.14. The molecule has 0 amide bonds. The van der Waals surface area contributed by atoms with E-state index in [-0.39, 0.29) is 4.90 Å². The molecule has 0 spiro atoms. The van der Waals surface area contributed by atoms with Crippen LogP contribution in [0.3, 0.4) is 0 Å². The molecule has 3 N–H and O–H groups in total. The number of primary sulfonamides is 1. The number of sulfonamides is 1. The molecule has 2 rings (SSSR count). The molecule has 0 bridgehead atoms. The van der Waals surface area contributed by atoms with Crippen molar-refractivity contribution in [2.75, 3.05) is 5.32 Å². The molecule has 1 aromatic heterocycles. The molecule has 17 heavy (non-hydrogen) atoms. The third-order valence-electron chi connectivity index (χ3n) is 2.26. The first-order valence-electron chi connectivity index (χ1n) is 4.94. The van der Waals surface area contributed by atoms with E-state index in [1.54, 1.807) is 29.5 Å². The van der Waals surface area contributed by atoms with Gasteiger partial charge in [-0.3, -0.25) is 0 Å². The predicted molar refractivity (Wildman–Crippen MR) is 69.5 cm³/mol. The summed E-state index contributed by atoms with van der Waals surface area (Å²) in [4.78, 5) is 0.121. The Morgan fingerprint density at radius 3 is 2.65 bits per heavy atom. The molecule has 0 fully saturated rings. The van der Waals surface area contributed by atoms with Gasteiger partial charge in [0, 0.05) is 6.54 Å². The molecule has 0 aliphatic rings. The van der Waals surface area contributed by atoms with Crippen molar-refractivity contribution >= 4 is 27.0 Å². The van der Waals surface area contributed by atoms with Crippen molar-refractivity contribution in [2.45, 2.75) is 11.4 Å². The highest BCUT2D eigenvalue weighted by molar-refractivity contribution is 7.89. The van der Waals surface area contributed by atoms with Crippen LogP contribution in [0, 0.1) is 0 Å². The third-order valence-corrected chi connectivity index (χ3v) is 3.96. The van der Waals surface area contributed by atoms with E-state index in [1.807, 2.05) is 16.8 Å². The summed E-state index contributed by atoms with van der Waals surface area (Å²) < 4.78 is 22.7. The van der Waals surface area contributed by atoms with Crippen LogP contribution in [0.1, 0.15) is 5.56 Å². The predicted octanol–water partition coefficient (Wildman–Crippen LogP) is 2.01. The van der Waals surface area contributed by atoms with Crippen LogP contribution in [-0.2, 0) is 16.6 Å². The lowest BCUT2D eigenvalue weighted by atomic mass is 10.3. The number of thiophene rings is 1. The number of anilines is 1. The SMILES string of the molecule is NS(=O)(=O)c1ccccc1NCc1ccsc1. The number of hydrogen-bond donors (Lipinski definition) is 2. The molecule has 1 heterocycles. The smallest absolute Gasteiger partial charge is 0.240 e. The maximum absolute atomic E-state index is 11.4. The van der Waals surface area contributed by atoms with Gasteiger partial charge in [0.05, 0.1) is 5.69 Å². The first kappa shape index (κ1) is 12.1. The topological polar surface area (TPSA) is 72.2 Å². The second-order valence-corrected chi connectivity index (χ2v) is 5.84. The number of nitrogens with one attached hydrogen (secondary N) is 1. The van der Waals surface area contributed by atoms with Crippen LogP contribution in [0.2, 0.25) is 0 Å². The summed E-state index contributed by atoms with van der Waals surface area (Å²) in [5, 5.41) is 12.2. The molecular formula is C11H12N2O2S2. The first-order valence-corrected chi connectivity index (χ1v) is 7.43. The normalized spacial score (nSPS) is 11.4. The summed E-state index contributed by atoms with van der Waals surface area (Å²) in [6.07, 6.45) is 0. The van der Waals surface area contributed by atoms with E-state index >= 15 is 0 Å². The van der Waals surface area contributed by atoms with Crippen LogP contribution in [0.4, 0.5) is 5.69 Å². The van der Waals surface area contributed by atoms with E-state index in [0.717, 1.165) is 5.56 Å². The molecule has 0 radical (unpaired) electrons. The van der Waals surface area contributed by atoms with Crippen molar-refractivity contribution in [3.63, 3.8) is 0 Å². The van der Waals surface area contributed by atoms with E-state index in [9.17, 15) is 8.42 Å². The monoisotopic (exact) mass is 268 g/mol. The van der Waals surface area contributed by atoms with Crippen molar-refractivity contribution in [2.24, 2.45) is 5.14 Å². The highest BCUT2D eigenvalue weighted by Gasteiger charge is 2.12. The summed E-state index contributed by atoms with van der Waals surface area (Å²) in [6.45, 7) is 0.579. The van der Waals surface area contributed by atoms with E-state index in [1.165, 1.54) is 6.07 Å². The summed E-state index contributed by atoms with van der Waals surface area (Å²) in [5.41, 5.74) is 1.64. The second-order valence-electron chi connectivity index (χ2n) is 3.53. The van der Waals surface area contributed by atoms with Gasteiger partial charge in [-0.25, -0.2) is 13.6 Å². The average molecular weight is 268 g/mol. The maximum Gasteiger partial charge on any atom is 0.240 e. The van der Waals surface area contributed by atoms with Crippen molar-refractivity contribution in [1.82, 2.24) is 0 Å². The van der Waals surface area contributed by atoms with Gasteiger partial charge in [-0.1, -0.05) is 12.1 Å². The van der Waals surface area contributed by atoms with Crippen LogP contribution < -0.4 is 10.5 Å². The Morgan fingerprint density at radius 1 is 1.24 bits per heavy atom. The van der Waals surface area contributed by atoms with Gasteiger partial charge < -0.3 is 5.32 Å². The van der Waals surface area contributed by atoms with Crippen LogP contribution >= 0.6 is 11.3 Å². The van der Waals surface area contributed by atoms with Gasteiger partial charge in [-0.05, 0) is 34.5 Å². The summed E-state index contributed by atoms with van der Waals surface area (Å²) >= 11 is 1.60. The largest absolute Gasteiger partial charge is 0.380 e. The number of benzene rings is 1. The number of rotatable bonds is 4. The van der Waals surface area contributed by atoms with Gasteiger partial charge in [0.15, 0.2) is 0 Å². The summed E-state index contributed by atoms with van der Waals surface area (Å²) in [6, 6.07) is 8.59. The van der Waals surface area contributed by atoms with Gasteiger partial charge in [0.1, 0.15) is 4.90 Å². The molecule has 2 aromatic rings. The maximum atomic E-state index is 11.4. The summed E-state index contributed by atoms with van der Waals surface area (Å²) in [7, 11) is -3.68. The van der Waals surface area contributed by atoms with Crippen LogP contribution in [0.15, 0.2) is 46.0 Å². The molecule has 0 saturated heterocycles. The Balaban J connectivity index is 2.22. The van der Waals surface area contributed by atoms with Gasteiger partial charge in [0.25, 0.3) is 0 Å². The van der Waals surface area contributed by atoms with E-state index in [0.29, 0.717) is 12.2 Å². The highest BCUT2D eigenvalue weighted by atomic mass is 32.2. The van der Waals surface area contributed by atoms with E-state index in [2.05, 4.69) is 5.32 Å². The average Bonchev–Trinajstić information content (AvgIpc) is 2.78. The fourth-order valence-electron chi connectivity index (χ4n) is 1.45. The molecule has 4 nitrogen and oxygen atoms in total. The molecule has 0 aliphatic carbocycles. The lowest BCUT2D eigenvalue weighted by Gasteiger charge is -2.09. The van der Waals surface area contributed by atoms with Gasteiger partial charge in [-0.15, -0.1) is 0 Å². The van der Waals surface area contributed by atoms with Gasteiger partial charge >= 0.3 is 0 Å². The molecule has 6 heteroatoms. The Bertz CT molecular complexity index is 592. The van der Waals surface area contributed by atoms with Crippen molar-refractivity contribution in [3.05, 3.63) is 46.7 Å². The van der Waals surface area contributed by atoms with Crippen molar-refractivity contribution in [3.8, 4) is 0 Å². The number of hydrogen-bond acceptors (Lipinski definition) is 4. The number of nitrogens with two attached hydrogens (primary N) is 1. The zero-order valence-electron chi connectivity index (χ0n) is 8.96. The standard InChI is InChI=1S/C11H12N2O2S2/c12-17(14,15)11-4-2-1-3-10(11)13-7-9-5-6-16-8-9/h1-6,8,13H,7H2,(H2,12,14,15). The van der Waals surface area contributed by atoms with Gasteiger partial charge in [-0.2, -0.15) is 11.3 Å². The van der Waals surface area contributed by atoms with Crippen LogP contribution in [0.5, 0.6) is 0 Å². The van der Waals surface area contributed by atoms with Crippen molar-refractivity contribution in [1.29, 1.82) is 0 Å². The quantitative estimate of drug-likeness (QED) is 0.891. The van der Waals surface area contributed by atoms with E-state index < -0.39 is 10.0 Å². The third kappa shape index (κ3) is 3.06. The molecule has 0 atom stereocenters. The zero-order chi connectivity index (χ0) is 12.3. The zero-order valence-corrected chi connectivity index (χ0v) is 10.6. The van der Waals surface area contributed by atoms with Crippen molar-refractivity contribution < 1.29 is 8.42 Å². The molecule has 0 unspecified atom stereocenters. The Labute approximate surface area is 104 Å². The Hall–Kier alpha value is -1.37. The minimum atomic E-state index is -3.68. The second kappa shape index (κ2) is 4.87. The van der Waals surface area contributed by atoms with Gasteiger partial charge in [0.2, 0.25) is 10.0 Å². The van der Waals surface area contributed by atoms with E-state index in [4.69, 9.17) is 5.14 Å². The van der Waals surface area contributed by atoms with Crippen LogP contribution in [0.25, 0.3) is 0 Å². The fourth-order valence-corrected chi connectivity index (χ4v) is 2.83. The number of para-hydroxylation sites is 1. The minimum Gasteiger partial charge on any atom is -0.380 e. The van der Waals surface area contributed by atoms with Crippen LogP contribution in [-0.4, -0.2) is 8.42 Å². The lowest BCUT2D eigenvalue weighted by molar-refractivity contribution is 0.598. The summed E-state index contributed by atoms with van der Waals surface area (Å²) in [5.74, 6) is 0. The fraction of sp³-hybridized carbons (Fsp3) is 0.0909. The Morgan fingerprint density at radius 2 is 2.00 bits per heavy atom. The highest BCUT2D eigenvalue weighted by Crippen LogP contribution is 2.20. The Kier molecular flexibility index (Phi) is 3.46. The minimum absolute atomic E-state index is 0.121. The molecule has 1 aromatic carbocycles. The first-order chi connectivity index (χ1) is 8.07.